The van der Waals surface area contributed by atoms with Gasteiger partial charge in [-0.3, -0.25) is 19.2 Å². The predicted molar refractivity (Wildman–Crippen MR) is 54.6 cm³/mol. The Morgan fingerprint density at radius 2 is 0.600 bits per heavy atom. The minimum Gasteiger partial charge on any atom is 0 e. The number of carboxylic acid groups (broad SMARTS) is 4. The molecule has 0 aliphatic rings. The fraction of sp³-hybridized carbons (Fsp3) is 0.500. The van der Waals surface area contributed by atoms with Gasteiger partial charge in [0.25, 0.3) is 23.9 Å². The molecule has 0 saturated heterocycles. The number of rotatable bonds is 0. The second-order valence-corrected chi connectivity index (χ2v) is 2.85. The van der Waals surface area contributed by atoms with Crippen molar-refractivity contribution >= 4 is 23.9 Å². The first-order valence-corrected chi connectivity index (χ1v) is 7.52. The van der Waals surface area contributed by atoms with Crippen LogP contribution in [0.5, 0.6) is 0 Å². The van der Waals surface area contributed by atoms with E-state index in [-0.39, 0.29) is 19.5 Å². The number of carbonyl (C=O) groups is 4. The molecule has 0 amide bonds. The standard InChI is InChI=1S/4C2H4O2.2O.U.Zn/c4*1-2(3)4;;;;/h4*1H3,(H,3,4);;;;. The van der Waals surface area contributed by atoms with Crippen LogP contribution < -0.4 is 0 Å². The van der Waals surface area contributed by atoms with E-state index in [0.717, 1.165) is 27.7 Å². The summed E-state index contributed by atoms with van der Waals surface area (Å²) in [6.45, 7) is 4.33. The molecule has 10 nitrogen and oxygen atoms in total. The maximum atomic E-state index is 9.00. The van der Waals surface area contributed by atoms with E-state index in [9.17, 15) is 0 Å². The van der Waals surface area contributed by atoms with Crippen LogP contribution >= 0.6 is 0 Å². The van der Waals surface area contributed by atoms with Crippen LogP contribution in [0.4, 0.5) is 0 Å². The van der Waals surface area contributed by atoms with Gasteiger partial charge in [0, 0.05) is 47.2 Å². The zero-order valence-corrected chi connectivity index (χ0v) is 18.6. The van der Waals surface area contributed by atoms with Gasteiger partial charge in [-0.1, -0.05) is 0 Å². The average molecular weight is 576 g/mol. The van der Waals surface area contributed by atoms with Gasteiger partial charge < -0.3 is 20.4 Å². The summed E-state index contributed by atoms with van der Waals surface area (Å²) in [7, 11) is 0. The first-order chi connectivity index (χ1) is 8.34. The number of hydrogen-bond donors (Lipinski definition) is 4. The molecule has 20 heavy (non-hydrogen) atoms. The fourth-order valence-electron chi connectivity index (χ4n) is 0. The summed E-state index contributed by atoms with van der Waals surface area (Å²) < 4.78 is 17.2. The second kappa shape index (κ2) is 36.2. The smallest absolute Gasteiger partial charge is 0 e. The normalized spacial score (nSPS) is 5.40. The van der Waals surface area contributed by atoms with Crippen LogP contribution in [0.25, 0.3) is 0 Å². The van der Waals surface area contributed by atoms with Crippen molar-refractivity contribution in [2.75, 3.05) is 0 Å². The topological polar surface area (TPSA) is 183 Å². The van der Waals surface area contributed by atoms with Gasteiger partial charge in [-0.2, -0.15) is 0 Å². The largest absolute Gasteiger partial charge is 0 e. The van der Waals surface area contributed by atoms with E-state index in [1.54, 1.807) is 0 Å². The monoisotopic (exact) mass is 574 g/mol. The Bertz CT molecular complexity index is 234. The van der Waals surface area contributed by atoms with Gasteiger partial charge in [0.15, 0.2) is 0 Å². The van der Waals surface area contributed by atoms with Crippen LogP contribution in [0.3, 0.4) is 0 Å². The molecular formula is C8H16O10UZn. The zero-order chi connectivity index (χ0) is 17.0. The van der Waals surface area contributed by atoms with E-state index in [2.05, 4.69) is 0 Å². The molecule has 0 unspecified atom stereocenters. The van der Waals surface area contributed by atoms with E-state index < -0.39 is 51.7 Å². The van der Waals surface area contributed by atoms with Crippen molar-refractivity contribution in [3.8, 4) is 0 Å². The zero-order valence-electron chi connectivity index (χ0n) is 11.4. The summed E-state index contributed by atoms with van der Waals surface area (Å²) in [6, 6.07) is 0. The third-order valence-electron chi connectivity index (χ3n) is 0. The van der Waals surface area contributed by atoms with Gasteiger partial charge in [0.2, 0.25) is 0 Å². The van der Waals surface area contributed by atoms with Crippen molar-refractivity contribution in [3.05, 3.63) is 0 Å². The Kier molecular flexibility index (Phi) is 66.0. The van der Waals surface area contributed by atoms with Crippen LogP contribution in [0.1, 0.15) is 27.7 Å². The summed E-state index contributed by atoms with van der Waals surface area (Å²) in [5, 5.41) is 29.7. The molecule has 0 bridgehead atoms. The van der Waals surface area contributed by atoms with Crippen molar-refractivity contribution in [2.24, 2.45) is 0 Å². The Labute approximate surface area is 142 Å². The van der Waals surface area contributed by atoms with E-state index in [1.807, 2.05) is 0 Å². The Balaban J connectivity index is -0.0000000304. The molecule has 0 aromatic rings. The maximum Gasteiger partial charge on any atom is 0 e. The molecule has 0 aromatic carbocycles. The molecule has 4 N–H and O–H groups in total. The van der Waals surface area contributed by atoms with Gasteiger partial charge in [0.05, 0.1) is 0 Å². The second-order valence-electron chi connectivity index (χ2n) is 2.16. The number of carboxylic acids is 4. The molecule has 0 aromatic heterocycles. The predicted octanol–water partition coefficient (Wildman–Crippen LogP) is 0.124. The molecular weight excluding hydrogens is 559 g/mol. The summed E-state index contributed by atoms with van der Waals surface area (Å²) in [6.07, 6.45) is 0. The third-order valence-corrected chi connectivity index (χ3v) is 0. The molecule has 0 aliphatic heterocycles. The molecule has 0 atom stereocenters. The summed E-state index contributed by atoms with van der Waals surface area (Å²) in [5.74, 6) is -3.33. The van der Waals surface area contributed by atoms with Gasteiger partial charge in [-0.25, -0.2) is 0 Å². The minimum absolute atomic E-state index is 0. The number of hydrogen-bond acceptors (Lipinski definition) is 6. The van der Waals surface area contributed by atoms with Crippen LogP contribution in [-0.2, 0) is 43.1 Å². The maximum absolute atomic E-state index is 9.00. The van der Waals surface area contributed by atoms with Crippen LogP contribution in [-0.4, -0.2) is 44.3 Å². The third kappa shape index (κ3) is 6280. The molecule has 12 heteroatoms. The molecule has 114 valence electrons. The minimum atomic E-state index is -2.51. The van der Waals surface area contributed by atoms with Gasteiger partial charge in [-0.05, 0) is 0 Å². The molecule has 0 aliphatic carbocycles. The fourth-order valence-corrected chi connectivity index (χ4v) is 0. The Morgan fingerprint density at radius 3 is 0.600 bits per heavy atom. The van der Waals surface area contributed by atoms with Crippen LogP contribution in [0, 0.1) is 27.8 Å². The van der Waals surface area contributed by atoms with Crippen LogP contribution in [0.15, 0.2) is 0 Å². The van der Waals surface area contributed by atoms with Crippen molar-refractivity contribution in [3.63, 3.8) is 0 Å². The Morgan fingerprint density at radius 1 is 0.600 bits per heavy atom. The van der Waals surface area contributed by atoms with Gasteiger partial charge >= 0.3 is 32.3 Å². The molecule has 0 fully saturated rings. The van der Waals surface area contributed by atoms with Gasteiger partial charge in [0.1, 0.15) is 0 Å². The molecule has 0 saturated carbocycles. The summed E-state index contributed by atoms with van der Waals surface area (Å²) >= 11 is -2.51. The first-order valence-electron chi connectivity index (χ1n) is 4.12. The molecule has 0 heterocycles. The summed E-state index contributed by atoms with van der Waals surface area (Å²) in [5.41, 5.74) is 0. The average Bonchev–Trinajstić information content (AvgIpc) is 1.97. The van der Waals surface area contributed by atoms with Crippen molar-refractivity contribution in [1.29, 1.82) is 0 Å². The summed E-state index contributed by atoms with van der Waals surface area (Å²) in [4.78, 5) is 36.0. The van der Waals surface area contributed by atoms with E-state index >= 15 is 0 Å². The first kappa shape index (κ1) is 36.5. The Hall–Kier alpha value is -0.845. The molecule has 0 spiro atoms. The molecule has 0 radical (unpaired) electrons. The van der Waals surface area contributed by atoms with Gasteiger partial charge in [-0.15, -0.1) is 0 Å². The van der Waals surface area contributed by atoms with Crippen molar-refractivity contribution < 1.29 is 91.4 Å². The van der Waals surface area contributed by atoms with E-state index in [4.69, 9.17) is 44.1 Å². The van der Waals surface area contributed by atoms with E-state index in [1.165, 1.54) is 0 Å². The quantitative estimate of drug-likeness (QED) is 0.290. The number of aliphatic carboxylic acids is 4. The van der Waals surface area contributed by atoms with Crippen molar-refractivity contribution in [1.82, 2.24) is 0 Å². The van der Waals surface area contributed by atoms with E-state index in [0.29, 0.717) is 0 Å². The van der Waals surface area contributed by atoms with Crippen molar-refractivity contribution in [2.45, 2.75) is 27.7 Å². The van der Waals surface area contributed by atoms with Crippen LogP contribution in [0.2, 0.25) is 0 Å². The SMILES string of the molecule is CC(=O)O.CC(=O)O.CC(=O)O.CC(=O)O.[O]=[U]=[O].[Zn]. The molecule has 0 rings (SSSR count).